The molecule has 21 heavy (non-hydrogen) atoms. The number of hydrogen-bond donors (Lipinski definition) is 1. The van der Waals surface area contributed by atoms with E-state index in [-0.39, 0.29) is 5.82 Å². The lowest BCUT2D eigenvalue weighted by Gasteiger charge is -2.15. The zero-order chi connectivity index (χ0) is 14.8. The number of ether oxygens (including phenoxy) is 1. The molecule has 0 aliphatic carbocycles. The highest BCUT2D eigenvalue weighted by molar-refractivity contribution is 5.79. The van der Waals surface area contributed by atoms with Crippen molar-refractivity contribution in [3.8, 4) is 5.75 Å². The van der Waals surface area contributed by atoms with Crippen molar-refractivity contribution in [2.45, 2.75) is 6.04 Å². The molecule has 3 nitrogen and oxygen atoms in total. The molecule has 0 saturated heterocycles. The van der Waals surface area contributed by atoms with Crippen molar-refractivity contribution in [2.75, 3.05) is 7.11 Å². The van der Waals surface area contributed by atoms with Crippen LogP contribution in [0, 0.1) is 5.82 Å². The summed E-state index contributed by atoms with van der Waals surface area (Å²) in [6, 6.07) is 13.7. The van der Waals surface area contributed by atoms with Crippen molar-refractivity contribution in [1.82, 2.24) is 4.98 Å². The lowest BCUT2D eigenvalue weighted by molar-refractivity contribution is 0.410. The third kappa shape index (κ3) is 2.58. The summed E-state index contributed by atoms with van der Waals surface area (Å²) in [5.74, 6) is 0.110. The number of benzene rings is 2. The molecular formula is C17H15FN2O. The number of nitrogens with zero attached hydrogens (tertiary/aromatic N) is 1. The first-order valence-corrected chi connectivity index (χ1v) is 6.63. The normalized spacial score (nSPS) is 12.3. The summed E-state index contributed by atoms with van der Waals surface area (Å²) in [6.07, 6.45) is 1.74. The number of pyridine rings is 1. The fourth-order valence-electron chi connectivity index (χ4n) is 2.35. The van der Waals surface area contributed by atoms with Gasteiger partial charge in [-0.2, -0.15) is 0 Å². The largest absolute Gasteiger partial charge is 0.497 e. The van der Waals surface area contributed by atoms with Crippen LogP contribution in [0.4, 0.5) is 4.39 Å². The molecule has 0 bridgehead atoms. The highest BCUT2D eigenvalue weighted by Crippen LogP contribution is 2.27. The first kappa shape index (κ1) is 13.5. The van der Waals surface area contributed by atoms with E-state index in [0.29, 0.717) is 11.3 Å². The van der Waals surface area contributed by atoms with E-state index in [0.717, 1.165) is 16.5 Å². The van der Waals surface area contributed by atoms with Gasteiger partial charge in [-0.1, -0.05) is 18.2 Å². The van der Waals surface area contributed by atoms with Gasteiger partial charge in [0, 0.05) is 23.2 Å². The van der Waals surface area contributed by atoms with Crippen LogP contribution in [0.3, 0.4) is 0 Å². The van der Waals surface area contributed by atoms with Crippen LogP contribution in [0.15, 0.2) is 54.7 Å². The average Bonchev–Trinajstić information content (AvgIpc) is 2.53. The average molecular weight is 282 g/mol. The van der Waals surface area contributed by atoms with Gasteiger partial charge in [-0.15, -0.1) is 0 Å². The van der Waals surface area contributed by atoms with Crippen LogP contribution in [-0.2, 0) is 0 Å². The second-order valence-electron chi connectivity index (χ2n) is 4.82. The van der Waals surface area contributed by atoms with Gasteiger partial charge in [0.05, 0.1) is 18.7 Å². The van der Waals surface area contributed by atoms with Crippen LogP contribution in [0.5, 0.6) is 5.75 Å². The predicted octanol–water partition coefficient (Wildman–Crippen LogP) is 3.43. The zero-order valence-corrected chi connectivity index (χ0v) is 11.6. The third-order valence-electron chi connectivity index (χ3n) is 3.53. The van der Waals surface area contributed by atoms with Crippen LogP contribution in [0.2, 0.25) is 0 Å². The Kier molecular flexibility index (Phi) is 3.54. The molecule has 0 saturated carbocycles. The van der Waals surface area contributed by atoms with E-state index in [1.807, 2.05) is 30.3 Å². The Bertz CT molecular complexity index is 789. The fourth-order valence-corrected chi connectivity index (χ4v) is 2.35. The lowest BCUT2D eigenvalue weighted by atomic mass is 9.97. The van der Waals surface area contributed by atoms with E-state index < -0.39 is 6.04 Å². The number of rotatable bonds is 3. The molecule has 1 atom stereocenters. The number of halogens is 1. The van der Waals surface area contributed by atoms with Crippen molar-refractivity contribution in [3.05, 3.63) is 71.7 Å². The quantitative estimate of drug-likeness (QED) is 0.800. The van der Waals surface area contributed by atoms with Crippen molar-refractivity contribution < 1.29 is 9.13 Å². The van der Waals surface area contributed by atoms with Gasteiger partial charge in [-0.05, 0) is 29.8 Å². The number of nitrogens with two attached hydrogens (primary N) is 1. The van der Waals surface area contributed by atoms with Crippen LogP contribution >= 0.6 is 0 Å². The smallest absolute Gasteiger partial charge is 0.132 e. The lowest BCUT2D eigenvalue weighted by Crippen LogP contribution is -2.13. The van der Waals surface area contributed by atoms with Crippen LogP contribution in [0.25, 0.3) is 10.9 Å². The van der Waals surface area contributed by atoms with Gasteiger partial charge in [0.15, 0.2) is 0 Å². The number of methoxy groups -OCH3 is 1. The van der Waals surface area contributed by atoms with Crippen molar-refractivity contribution >= 4 is 10.9 Å². The molecule has 2 aromatic carbocycles. The molecule has 1 unspecified atom stereocenters. The summed E-state index contributed by atoms with van der Waals surface area (Å²) >= 11 is 0. The maximum Gasteiger partial charge on any atom is 0.132 e. The monoisotopic (exact) mass is 282 g/mol. The molecule has 0 radical (unpaired) electrons. The molecule has 1 aromatic heterocycles. The second kappa shape index (κ2) is 5.50. The molecule has 0 amide bonds. The van der Waals surface area contributed by atoms with Crippen LogP contribution in [0.1, 0.15) is 17.2 Å². The minimum Gasteiger partial charge on any atom is -0.497 e. The standard InChI is InChI=1S/C17H15FN2O/c1-21-13-5-6-14(15(18)10-13)17(19)12-4-7-16-11(9-12)3-2-8-20-16/h2-10,17H,19H2,1H3. The van der Waals surface area contributed by atoms with Gasteiger partial charge in [0.2, 0.25) is 0 Å². The Morgan fingerprint density at radius 2 is 2.00 bits per heavy atom. The number of hydrogen-bond acceptors (Lipinski definition) is 3. The summed E-state index contributed by atoms with van der Waals surface area (Å²) in [6.45, 7) is 0. The van der Waals surface area contributed by atoms with Crippen LogP contribution in [-0.4, -0.2) is 12.1 Å². The van der Waals surface area contributed by atoms with Gasteiger partial charge in [-0.3, -0.25) is 4.98 Å². The minimum atomic E-state index is -0.527. The molecule has 0 aliphatic heterocycles. The Morgan fingerprint density at radius 1 is 1.14 bits per heavy atom. The Labute approximate surface area is 122 Å². The molecule has 0 spiro atoms. The maximum atomic E-state index is 14.1. The van der Waals surface area contributed by atoms with E-state index in [1.165, 1.54) is 13.2 Å². The number of aromatic nitrogens is 1. The van der Waals surface area contributed by atoms with E-state index in [1.54, 1.807) is 18.3 Å². The van der Waals surface area contributed by atoms with Gasteiger partial charge in [0.25, 0.3) is 0 Å². The molecule has 1 heterocycles. The maximum absolute atomic E-state index is 14.1. The Morgan fingerprint density at radius 3 is 2.76 bits per heavy atom. The van der Waals surface area contributed by atoms with Gasteiger partial charge in [-0.25, -0.2) is 4.39 Å². The van der Waals surface area contributed by atoms with E-state index in [4.69, 9.17) is 10.5 Å². The Hall–Kier alpha value is -2.46. The molecule has 0 fully saturated rings. The zero-order valence-electron chi connectivity index (χ0n) is 11.6. The summed E-state index contributed by atoms with van der Waals surface area (Å²) in [5.41, 5.74) is 8.38. The first-order valence-electron chi connectivity index (χ1n) is 6.63. The third-order valence-corrected chi connectivity index (χ3v) is 3.53. The van der Waals surface area contributed by atoms with Gasteiger partial charge >= 0.3 is 0 Å². The van der Waals surface area contributed by atoms with Crippen molar-refractivity contribution in [1.29, 1.82) is 0 Å². The van der Waals surface area contributed by atoms with E-state index >= 15 is 0 Å². The minimum absolute atomic E-state index is 0.367. The molecule has 2 N–H and O–H groups in total. The van der Waals surface area contributed by atoms with E-state index in [2.05, 4.69) is 4.98 Å². The topological polar surface area (TPSA) is 48.1 Å². The van der Waals surface area contributed by atoms with E-state index in [9.17, 15) is 4.39 Å². The molecule has 3 aromatic rings. The highest BCUT2D eigenvalue weighted by atomic mass is 19.1. The SMILES string of the molecule is COc1ccc(C(N)c2ccc3ncccc3c2)c(F)c1. The summed E-state index contributed by atoms with van der Waals surface area (Å²) < 4.78 is 19.1. The van der Waals surface area contributed by atoms with Gasteiger partial charge < -0.3 is 10.5 Å². The molecular weight excluding hydrogens is 267 g/mol. The number of fused-ring (bicyclic) bond motifs is 1. The summed E-state index contributed by atoms with van der Waals surface area (Å²) in [5, 5.41) is 0.986. The van der Waals surface area contributed by atoms with Crippen LogP contribution < -0.4 is 10.5 Å². The molecule has 4 heteroatoms. The Balaban J connectivity index is 2.01. The summed E-state index contributed by atoms with van der Waals surface area (Å²) in [7, 11) is 1.50. The fraction of sp³-hybridized carbons (Fsp3) is 0.118. The van der Waals surface area contributed by atoms with Gasteiger partial charge in [0.1, 0.15) is 11.6 Å². The molecule has 106 valence electrons. The first-order chi connectivity index (χ1) is 10.2. The predicted molar refractivity (Wildman–Crippen MR) is 80.7 cm³/mol. The molecule has 0 aliphatic rings. The van der Waals surface area contributed by atoms with Crippen molar-refractivity contribution in [3.63, 3.8) is 0 Å². The summed E-state index contributed by atoms with van der Waals surface area (Å²) in [4.78, 5) is 4.26. The second-order valence-corrected chi connectivity index (χ2v) is 4.82. The highest BCUT2D eigenvalue weighted by Gasteiger charge is 2.14. The molecule has 3 rings (SSSR count). The van der Waals surface area contributed by atoms with Crippen molar-refractivity contribution in [2.24, 2.45) is 5.73 Å².